The van der Waals surface area contributed by atoms with Gasteiger partial charge in [0.15, 0.2) is 5.78 Å². The SMILES string of the molecule is C[C@@]12CCC[C@H]1[C@@H]1CCC3=C(N)C(=O)C4(C[C@]3(C)[C@H]1CC2)NC41CC1. The molecule has 0 aromatic carbocycles. The van der Waals surface area contributed by atoms with Crippen molar-refractivity contribution in [2.75, 3.05) is 0 Å². The van der Waals surface area contributed by atoms with E-state index in [1.54, 1.807) is 0 Å². The highest BCUT2D eigenvalue weighted by Gasteiger charge is 2.80. The van der Waals surface area contributed by atoms with Crippen molar-refractivity contribution in [1.82, 2.24) is 5.32 Å². The normalized spacial score (nSPS) is 55.1. The van der Waals surface area contributed by atoms with E-state index in [0.717, 1.165) is 30.6 Å². The molecular formula is C22H32N2O. The Kier molecular flexibility index (Phi) is 2.55. The molecule has 1 heterocycles. The second kappa shape index (κ2) is 4.18. The first kappa shape index (κ1) is 15.2. The predicted octanol–water partition coefficient (Wildman–Crippen LogP) is 3.68. The standard InChI is InChI=1S/C22H32N2O/c1-19-8-3-4-14(19)13-5-6-16-17(23)18(25)22(21(24-22)10-11-21)12-20(16,2)15(13)7-9-19/h13-15,24H,3-12,23H2,1-2H3/t13-,14-,15-,19-,20+,22?/m0/s1. The molecule has 136 valence electrons. The largest absolute Gasteiger partial charge is 0.396 e. The molecular weight excluding hydrogens is 308 g/mol. The highest BCUT2D eigenvalue weighted by molar-refractivity contribution is 6.08. The highest BCUT2D eigenvalue weighted by Crippen LogP contribution is 2.71. The molecule has 2 spiro atoms. The lowest BCUT2D eigenvalue weighted by atomic mass is 9.46. The lowest BCUT2D eigenvalue weighted by Crippen LogP contribution is -2.55. The minimum absolute atomic E-state index is 0.146. The summed E-state index contributed by atoms with van der Waals surface area (Å²) in [6.45, 7) is 5.05. The molecule has 1 saturated heterocycles. The molecule has 5 aliphatic carbocycles. The molecule has 3 heteroatoms. The Morgan fingerprint density at radius 3 is 2.56 bits per heavy atom. The van der Waals surface area contributed by atoms with Crippen LogP contribution in [0.15, 0.2) is 11.3 Å². The number of allylic oxidation sites excluding steroid dienone is 1. The third-order valence-electron chi connectivity index (χ3n) is 10.0. The Morgan fingerprint density at radius 2 is 1.84 bits per heavy atom. The molecule has 1 aliphatic heterocycles. The van der Waals surface area contributed by atoms with Crippen LogP contribution in [0.4, 0.5) is 0 Å². The van der Waals surface area contributed by atoms with E-state index in [2.05, 4.69) is 19.2 Å². The first-order chi connectivity index (χ1) is 11.9. The van der Waals surface area contributed by atoms with Crippen molar-refractivity contribution in [3.63, 3.8) is 0 Å². The maximum Gasteiger partial charge on any atom is 0.200 e. The average Bonchev–Trinajstić information content (AvgIpc) is 3.42. The van der Waals surface area contributed by atoms with Gasteiger partial charge in [-0.2, -0.15) is 0 Å². The summed E-state index contributed by atoms with van der Waals surface area (Å²) in [4.78, 5) is 13.1. The number of carbonyl (C=O) groups excluding carboxylic acids is 1. The van der Waals surface area contributed by atoms with Crippen LogP contribution in [0.2, 0.25) is 0 Å². The molecule has 3 nitrogen and oxygen atoms in total. The minimum atomic E-state index is -0.284. The lowest BCUT2D eigenvalue weighted by Gasteiger charge is -2.58. The second-order valence-electron chi connectivity index (χ2n) is 10.9. The van der Waals surface area contributed by atoms with Gasteiger partial charge in [-0.3, -0.25) is 10.1 Å². The lowest BCUT2D eigenvalue weighted by molar-refractivity contribution is -0.122. The van der Waals surface area contributed by atoms with Gasteiger partial charge in [-0.05, 0) is 91.9 Å². The molecule has 0 amide bonds. The zero-order valence-electron chi connectivity index (χ0n) is 15.8. The topological polar surface area (TPSA) is 65.0 Å². The molecule has 0 aromatic rings. The van der Waals surface area contributed by atoms with Gasteiger partial charge in [0, 0.05) is 5.54 Å². The fraction of sp³-hybridized carbons (Fsp3) is 0.864. The monoisotopic (exact) mass is 340 g/mol. The molecule has 0 aromatic heterocycles. The van der Waals surface area contributed by atoms with Crippen LogP contribution in [0.25, 0.3) is 0 Å². The van der Waals surface area contributed by atoms with Crippen LogP contribution in [0.3, 0.4) is 0 Å². The number of ketones is 1. The van der Waals surface area contributed by atoms with Crippen LogP contribution in [0.5, 0.6) is 0 Å². The summed E-state index contributed by atoms with van der Waals surface area (Å²) >= 11 is 0. The number of hydrogen-bond donors (Lipinski definition) is 2. The van der Waals surface area contributed by atoms with Crippen molar-refractivity contribution >= 4 is 5.78 Å². The van der Waals surface area contributed by atoms with Gasteiger partial charge in [0.05, 0.1) is 5.70 Å². The molecule has 1 unspecified atom stereocenters. The number of nitrogens with one attached hydrogen (secondary N) is 1. The molecule has 3 N–H and O–H groups in total. The zero-order valence-corrected chi connectivity index (χ0v) is 15.8. The molecule has 6 atom stereocenters. The molecule has 4 saturated carbocycles. The zero-order chi connectivity index (χ0) is 17.2. The Labute approximate surface area is 151 Å². The van der Waals surface area contributed by atoms with Gasteiger partial charge in [0.1, 0.15) is 5.54 Å². The van der Waals surface area contributed by atoms with E-state index in [9.17, 15) is 4.79 Å². The molecule has 6 aliphatic rings. The maximum absolute atomic E-state index is 13.1. The number of rotatable bonds is 0. The van der Waals surface area contributed by atoms with Crippen LogP contribution in [-0.2, 0) is 4.79 Å². The maximum atomic E-state index is 13.1. The first-order valence-electron chi connectivity index (χ1n) is 10.7. The van der Waals surface area contributed by atoms with Gasteiger partial charge in [-0.1, -0.05) is 20.3 Å². The second-order valence-corrected chi connectivity index (χ2v) is 10.9. The Morgan fingerprint density at radius 1 is 1.04 bits per heavy atom. The van der Waals surface area contributed by atoms with Gasteiger partial charge in [-0.15, -0.1) is 0 Å². The van der Waals surface area contributed by atoms with E-state index < -0.39 is 0 Å². The summed E-state index contributed by atoms with van der Waals surface area (Å²) in [5.41, 5.74) is 9.14. The van der Waals surface area contributed by atoms with Gasteiger partial charge in [0.2, 0.25) is 0 Å². The quantitative estimate of drug-likeness (QED) is 0.661. The van der Waals surface area contributed by atoms with E-state index >= 15 is 0 Å². The van der Waals surface area contributed by atoms with Crippen LogP contribution >= 0.6 is 0 Å². The number of fused-ring (bicyclic) bond motifs is 6. The molecule has 5 fully saturated rings. The summed E-state index contributed by atoms with van der Waals surface area (Å²) in [7, 11) is 0. The van der Waals surface area contributed by atoms with E-state index in [1.165, 1.54) is 56.9 Å². The van der Waals surface area contributed by atoms with E-state index in [4.69, 9.17) is 5.73 Å². The van der Waals surface area contributed by atoms with Gasteiger partial charge in [-0.25, -0.2) is 0 Å². The third kappa shape index (κ3) is 1.58. The smallest absolute Gasteiger partial charge is 0.200 e. The summed E-state index contributed by atoms with van der Waals surface area (Å²) in [5, 5.41) is 3.66. The van der Waals surface area contributed by atoms with Gasteiger partial charge >= 0.3 is 0 Å². The van der Waals surface area contributed by atoms with Crippen LogP contribution < -0.4 is 11.1 Å². The Bertz CT molecular complexity index is 722. The van der Waals surface area contributed by atoms with Gasteiger partial charge in [0.25, 0.3) is 0 Å². The third-order valence-corrected chi connectivity index (χ3v) is 10.0. The average molecular weight is 341 g/mol. The van der Waals surface area contributed by atoms with Crippen molar-refractivity contribution in [2.45, 2.75) is 89.1 Å². The van der Waals surface area contributed by atoms with E-state index in [-0.39, 0.29) is 22.3 Å². The van der Waals surface area contributed by atoms with Crippen LogP contribution in [-0.4, -0.2) is 16.9 Å². The highest BCUT2D eigenvalue weighted by atomic mass is 16.1. The molecule has 0 radical (unpaired) electrons. The fourth-order valence-electron chi connectivity index (χ4n) is 8.51. The first-order valence-corrected chi connectivity index (χ1v) is 10.7. The number of Topliss-reactive ketones (excluding diaryl/α,β-unsaturated/α-hetero) is 1. The fourth-order valence-corrected chi connectivity index (χ4v) is 8.51. The number of nitrogens with two attached hydrogens (primary N) is 1. The number of carbonyl (C=O) groups is 1. The van der Waals surface area contributed by atoms with Crippen molar-refractivity contribution in [3.05, 3.63) is 11.3 Å². The van der Waals surface area contributed by atoms with E-state index in [1.807, 2.05) is 0 Å². The number of hydrogen-bond acceptors (Lipinski definition) is 3. The summed E-state index contributed by atoms with van der Waals surface area (Å²) in [6, 6.07) is 0. The van der Waals surface area contributed by atoms with Crippen molar-refractivity contribution in [1.29, 1.82) is 0 Å². The van der Waals surface area contributed by atoms with Crippen LogP contribution in [0, 0.1) is 28.6 Å². The summed E-state index contributed by atoms with van der Waals surface area (Å²) in [6.07, 6.45) is 12.8. The van der Waals surface area contributed by atoms with Crippen LogP contribution in [0.1, 0.15) is 78.1 Å². The predicted molar refractivity (Wildman–Crippen MR) is 97.7 cm³/mol. The molecule has 6 rings (SSSR count). The Hall–Kier alpha value is -0.830. The summed E-state index contributed by atoms with van der Waals surface area (Å²) < 4.78 is 0. The van der Waals surface area contributed by atoms with E-state index in [0.29, 0.717) is 11.1 Å². The minimum Gasteiger partial charge on any atom is -0.396 e. The van der Waals surface area contributed by atoms with Crippen molar-refractivity contribution < 1.29 is 4.79 Å². The Balaban J connectivity index is 1.43. The van der Waals surface area contributed by atoms with Crippen molar-refractivity contribution in [2.24, 2.45) is 34.3 Å². The van der Waals surface area contributed by atoms with Gasteiger partial charge < -0.3 is 5.73 Å². The molecule has 0 bridgehead atoms. The molecule has 25 heavy (non-hydrogen) atoms. The van der Waals surface area contributed by atoms with Crippen molar-refractivity contribution in [3.8, 4) is 0 Å². The summed E-state index contributed by atoms with van der Waals surface area (Å²) in [5.74, 6) is 2.77.